The van der Waals surface area contributed by atoms with Gasteiger partial charge in [-0.05, 0) is 25.3 Å². The minimum absolute atomic E-state index is 0.328. The Hall–Kier alpha value is -1.26. The number of hydrogen-bond donors (Lipinski definition) is 1. The quantitative estimate of drug-likeness (QED) is 0.908. The lowest BCUT2D eigenvalue weighted by Crippen LogP contribution is -2.52. The summed E-state index contributed by atoms with van der Waals surface area (Å²) in [5.74, 6) is 2.20. The van der Waals surface area contributed by atoms with Gasteiger partial charge in [-0.3, -0.25) is 4.90 Å². The number of rotatable bonds is 2. The van der Waals surface area contributed by atoms with Crippen molar-refractivity contribution < 1.29 is 14.6 Å². The van der Waals surface area contributed by atoms with Crippen LogP contribution >= 0.6 is 0 Å². The average molecular weight is 289 g/mol. The highest BCUT2D eigenvalue weighted by Crippen LogP contribution is 2.41. The van der Waals surface area contributed by atoms with E-state index in [1.54, 1.807) is 0 Å². The van der Waals surface area contributed by atoms with E-state index in [4.69, 9.17) is 9.47 Å². The fourth-order valence-corrected chi connectivity index (χ4v) is 4.14. The first-order chi connectivity index (χ1) is 10.2. The Morgan fingerprint density at radius 2 is 2.19 bits per heavy atom. The van der Waals surface area contributed by atoms with Crippen molar-refractivity contribution in [3.63, 3.8) is 0 Å². The smallest absolute Gasteiger partial charge is 0.231 e. The number of hydrogen-bond acceptors (Lipinski definition) is 4. The van der Waals surface area contributed by atoms with Gasteiger partial charge in [-0.1, -0.05) is 25.0 Å². The van der Waals surface area contributed by atoms with Crippen molar-refractivity contribution >= 4 is 0 Å². The minimum atomic E-state index is -0.396. The highest BCUT2D eigenvalue weighted by molar-refractivity contribution is 5.48. The van der Waals surface area contributed by atoms with Crippen LogP contribution in [0, 0.1) is 5.92 Å². The molecule has 0 radical (unpaired) electrons. The third kappa shape index (κ3) is 2.40. The zero-order chi connectivity index (χ0) is 14.3. The van der Waals surface area contributed by atoms with E-state index in [1.807, 2.05) is 12.1 Å². The number of fused-ring (bicyclic) bond motifs is 2. The Morgan fingerprint density at radius 3 is 3.14 bits per heavy atom. The summed E-state index contributed by atoms with van der Waals surface area (Å²) in [4.78, 5) is 2.46. The topological polar surface area (TPSA) is 41.9 Å². The van der Waals surface area contributed by atoms with Gasteiger partial charge in [-0.2, -0.15) is 0 Å². The van der Waals surface area contributed by atoms with Gasteiger partial charge in [0.2, 0.25) is 6.79 Å². The Bertz CT molecular complexity index is 533. The molecule has 0 unspecified atom stereocenters. The van der Waals surface area contributed by atoms with Crippen LogP contribution in [-0.4, -0.2) is 35.5 Å². The van der Waals surface area contributed by atoms with Crippen molar-refractivity contribution in [3.8, 4) is 11.5 Å². The van der Waals surface area contributed by atoms with Crippen LogP contribution in [0.3, 0.4) is 0 Å². The maximum Gasteiger partial charge on any atom is 0.231 e. The molecule has 2 atom stereocenters. The molecule has 1 N–H and O–H groups in total. The number of ether oxygens (including phenoxy) is 2. The van der Waals surface area contributed by atoms with Crippen LogP contribution in [-0.2, 0) is 6.54 Å². The number of nitrogens with zero attached hydrogens (tertiary/aromatic N) is 1. The Kier molecular flexibility index (Phi) is 3.31. The van der Waals surface area contributed by atoms with E-state index in [0.29, 0.717) is 12.7 Å². The third-order valence-electron chi connectivity index (χ3n) is 5.38. The van der Waals surface area contributed by atoms with Gasteiger partial charge in [0.15, 0.2) is 11.5 Å². The van der Waals surface area contributed by atoms with Crippen molar-refractivity contribution in [1.82, 2.24) is 4.90 Å². The highest BCUT2D eigenvalue weighted by Gasteiger charge is 2.42. The summed E-state index contributed by atoms with van der Waals surface area (Å²) >= 11 is 0. The van der Waals surface area contributed by atoms with Crippen molar-refractivity contribution in [2.75, 3.05) is 19.9 Å². The van der Waals surface area contributed by atoms with Crippen LogP contribution in [0.15, 0.2) is 18.2 Å². The normalized spacial score (nSPS) is 32.0. The lowest BCUT2D eigenvalue weighted by atomic mass is 9.71. The minimum Gasteiger partial charge on any atom is -0.454 e. The molecule has 1 aliphatic carbocycles. The molecule has 4 rings (SSSR count). The van der Waals surface area contributed by atoms with Crippen molar-refractivity contribution in [2.45, 2.75) is 44.2 Å². The maximum absolute atomic E-state index is 10.8. The molecule has 2 heterocycles. The summed E-state index contributed by atoms with van der Waals surface area (Å²) in [5.41, 5.74) is 0.804. The van der Waals surface area contributed by atoms with Crippen LogP contribution in [0.1, 0.15) is 37.7 Å². The second-order valence-electron chi connectivity index (χ2n) is 6.68. The van der Waals surface area contributed by atoms with E-state index in [9.17, 15) is 5.11 Å². The van der Waals surface area contributed by atoms with Gasteiger partial charge < -0.3 is 14.6 Å². The van der Waals surface area contributed by atoms with Gasteiger partial charge in [-0.25, -0.2) is 0 Å². The van der Waals surface area contributed by atoms with E-state index in [1.165, 1.54) is 24.8 Å². The summed E-state index contributed by atoms with van der Waals surface area (Å²) in [6.07, 6.45) is 5.51. The molecule has 0 spiro atoms. The molecule has 21 heavy (non-hydrogen) atoms. The fourth-order valence-electron chi connectivity index (χ4n) is 4.14. The molecule has 2 aliphatic heterocycles. The third-order valence-corrected chi connectivity index (χ3v) is 5.38. The van der Waals surface area contributed by atoms with Crippen molar-refractivity contribution in [1.29, 1.82) is 0 Å². The second kappa shape index (κ2) is 5.18. The second-order valence-corrected chi connectivity index (χ2v) is 6.68. The molecule has 114 valence electrons. The number of para-hydroxylation sites is 1. The molecule has 1 saturated heterocycles. The molecule has 3 aliphatic rings. The van der Waals surface area contributed by atoms with E-state index >= 15 is 0 Å². The lowest BCUT2D eigenvalue weighted by Gasteiger charge is -2.47. The Morgan fingerprint density at radius 1 is 1.24 bits per heavy atom. The molecule has 1 aromatic carbocycles. The number of aliphatic hydroxyl groups is 1. The van der Waals surface area contributed by atoms with Gasteiger partial charge in [0.05, 0.1) is 5.60 Å². The number of benzene rings is 1. The van der Waals surface area contributed by atoms with Gasteiger partial charge in [0, 0.05) is 31.1 Å². The summed E-state index contributed by atoms with van der Waals surface area (Å²) in [5, 5.41) is 10.8. The lowest BCUT2D eigenvalue weighted by molar-refractivity contribution is -0.0968. The number of piperidine rings is 1. The monoisotopic (exact) mass is 289 g/mol. The molecular formula is C17H23NO3. The molecule has 2 fully saturated rings. The molecule has 1 saturated carbocycles. The van der Waals surface area contributed by atoms with Crippen LogP contribution in [0.25, 0.3) is 0 Å². The first-order valence-electron chi connectivity index (χ1n) is 8.07. The van der Waals surface area contributed by atoms with Crippen LogP contribution < -0.4 is 9.47 Å². The van der Waals surface area contributed by atoms with Gasteiger partial charge in [-0.15, -0.1) is 0 Å². The standard InChI is InChI=1S/C17H23NO3/c19-17-7-2-1-5-14(17)11-18(9-8-17)10-13-4-3-6-15-16(13)21-12-20-15/h3-4,6,14,19H,1-2,5,7-12H2/t14-,17-/m0/s1. The van der Waals surface area contributed by atoms with E-state index in [0.717, 1.165) is 44.0 Å². The average Bonchev–Trinajstić information content (AvgIpc) is 2.97. The molecule has 0 amide bonds. The van der Waals surface area contributed by atoms with E-state index in [2.05, 4.69) is 11.0 Å². The first kappa shape index (κ1) is 13.4. The molecular weight excluding hydrogens is 266 g/mol. The zero-order valence-electron chi connectivity index (χ0n) is 12.4. The van der Waals surface area contributed by atoms with Gasteiger partial charge >= 0.3 is 0 Å². The molecule has 0 bridgehead atoms. The van der Waals surface area contributed by atoms with E-state index < -0.39 is 5.60 Å². The largest absolute Gasteiger partial charge is 0.454 e. The Labute approximate surface area is 125 Å². The maximum atomic E-state index is 10.8. The summed E-state index contributed by atoms with van der Waals surface area (Å²) in [6, 6.07) is 6.11. The molecule has 4 heteroatoms. The SMILES string of the molecule is O[C@]12CCCC[C@H]1CN(Cc1cccc3c1OCO3)CC2. The van der Waals surface area contributed by atoms with Gasteiger partial charge in [0.1, 0.15) is 0 Å². The predicted molar refractivity (Wildman–Crippen MR) is 79.4 cm³/mol. The van der Waals surface area contributed by atoms with Crippen molar-refractivity contribution in [3.05, 3.63) is 23.8 Å². The molecule has 1 aromatic rings. The highest BCUT2D eigenvalue weighted by atomic mass is 16.7. The summed E-state index contributed by atoms with van der Waals surface area (Å²) in [7, 11) is 0. The van der Waals surface area contributed by atoms with Crippen LogP contribution in [0.2, 0.25) is 0 Å². The summed E-state index contributed by atoms with van der Waals surface area (Å²) in [6.45, 7) is 3.19. The predicted octanol–water partition coefficient (Wildman–Crippen LogP) is 2.54. The summed E-state index contributed by atoms with van der Waals surface area (Å²) < 4.78 is 11.0. The Balaban J connectivity index is 1.48. The van der Waals surface area contributed by atoms with Crippen LogP contribution in [0.5, 0.6) is 11.5 Å². The van der Waals surface area contributed by atoms with Crippen molar-refractivity contribution in [2.24, 2.45) is 5.92 Å². The molecule has 4 nitrogen and oxygen atoms in total. The first-order valence-corrected chi connectivity index (χ1v) is 8.07. The van der Waals surface area contributed by atoms with Crippen LogP contribution in [0.4, 0.5) is 0 Å². The zero-order valence-corrected chi connectivity index (χ0v) is 12.4. The fraction of sp³-hybridized carbons (Fsp3) is 0.647. The van der Waals surface area contributed by atoms with E-state index in [-0.39, 0.29) is 0 Å². The molecule has 0 aromatic heterocycles. The van der Waals surface area contributed by atoms with Gasteiger partial charge in [0.25, 0.3) is 0 Å². The number of likely N-dealkylation sites (tertiary alicyclic amines) is 1.